The van der Waals surface area contributed by atoms with Gasteiger partial charge in [-0.3, -0.25) is 0 Å². The molecule has 0 radical (unpaired) electrons. The standard InChI is InChI=1S/C9H15NO4/c1-6(7(11)12)10(5)8(13)14-9(2,3)4/h6H,5H2,1-4H3/p+1/t6-/m0/s1. The first-order valence-electron chi connectivity index (χ1n) is 4.20. The van der Waals surface area contributed by atoms with Crippen LogP contribution in [0.25, 0.3) is 0 Å². The Hall–Kier alpha value is -1.39. The van der Waals surface area contributed by atoms with Crippen LogP contribution in [-0.2, 0) is 9.53 Å². The SMILES string of the molecule is C=[N+](C(=O)OC(C)(C)C)[C@@H](C)C(=O)O. The van der Waals surface area contributed by atoms with E-state index in [1.165, 1.54) is 6.92 Å². The summed E-state index contributed by atoms with van der Waals surface area (Å²) in [4.78, 5) is 21.8. The van der Waals surface area contributed by atoms with Crippen LogP contribution in [0.15, 0.2) is 0 Å². The fourth-order valence-electron chi connectivity index (χ4n) is 0.612. The quantitative estimate of drug-likeness (QED) is 0.538. The van der Waals surface area contributed by atoms with Gasteiger partial charge in [0, 0.05) is 6.92 Å². The molecule has 0 saturated carbocycles. The van der Waals surface area contributed by atoms with Crippen molar-refractivity contribution in [1.82, 2.24) is 0 Å². The second-order valence-corrected chi connectivity index (χ2v) is 3.96. The van der Waals surface area contributed by atoms with E-state index >= 15 is 0 Å². The summed E-state index contributed by atoms with van der Waals surface area (Å²) in [7, 11) is 0. The van der Waals surface area contributed by atoms with Crippen LogP contribution >= 0.6 is 0 Å². The van der Waals surface area contributed by atoms with Gasteiger partial charge in [-0.25, -0.2) is 4.79 Å². The molecule has 1 atom stereocenters. The summed E-state index contributed by atoms with van der Waals surface area (Å²) in [6.45, 7) is 9.78. The number of ether oxygens (including phenoxy) is 1. The molecule has 0 spiro atoms. The Morgan fingerprint density at radius 1 is 1.43 bits per heavy atom. The maximum Gasteiger partial charge on any atom is 0.597 e. The van der Waals surface area contributed by atoms with Crippen molar-refractivity contribution in [1.29, 1.82) is 0 Å². The van der Waals surface area contributed by atoms with Gasteiger partial charge in [-0.05, 0) is 20.8 Å². The zero-order chi connectivity index (χ0) is 11.5. The Balaban J connectivity index is 4.42. The summed E-state index contributed by atoms with van der Waals surface area (Å²) in [5.41, 5.74) is -0.648. The third-order valence-electron chi connectivity index (χ3n) is 1.45. The first-order valence-corrected chi connectivity index (χ1v) is 4.20. The molecule has 80 valence electrons. The third kappa shape index (κ3) is 4.02. The molecule has 0 aliphatic heterocycles. The smallest absolute Gasteiger partial charge is 0.476 e. The van der Waals surface area contributed by atoms with Crippen LogP contribution in [-0.4, -0.2) is 40.1 Å². The van der Waals surface area contributed by atoms with E-state index in [4.69, 9.17) is 9.84 Å². The molecule has 1 N–H and O–H groups in total. The van der Waals surface area contributed by atoms with E-state index in [-0.39, 0.29) is 0 Å². The van der Waals surface area contributed by atoms with Crippen molar-refractivity contribution in [2.45, 2.75) is 39.3 Å². The molecule has 0 aromatic heterocycles. The molecular formula is C9H16NO4+. The summed E-state index contributed by atoms with van der Waals surface area (Å²) in [5, 5.41) is 8.61. The maximum absolute atomic E-state index is 11.3. The molecule has 0 rings (SSSR count). The predicted octanol–water partition coefficient (Wildman–Crippen LogP) is 1.11. The number of hydrogen-bond acceptors (Lipinski definition) is 3. The number of nitrogens with zero attached hydrogens (tertiary/aromatic N) is 1. The highest BCUT2D eigenvalue weighted by molar-refractivity contribution is 5.74. The molecule has 0 aromatic rings. The second-order valence-electron chi connectivity index (χ2n) is 3.96. The fourth-order valence-corrected chi connectivity index (χ4v) is 0.612. The van der Waals surface area contributed by atoms with Crippen LogP contribution in [0.2, 0.25) is 0 Å². The van der Waals surface area contributed by atoms with Gasteiger partial charge in [0.25, 0.3) is 6.04 Å². The van der Waals surface area contributed by atoms with Crippen LogP contribution < -0.4 is 0 Å². The van der Waals surface area contributed by atoms with E-state index in [0.717, 1.165) is 4.58 Å². The largest absolute Gasteiger partial charge is 0.597 e. The van der Waals surface area contributed by atoms with Gasteiger partial charge in [0.1, 0.15) is 12.3 Å². The highest BCUT2D eigenvalue weighted by Crippen LogP contribution is 2.08. The Kier molecular flexibility index (Phi) is 3.80. The Bertz CT molecular complexity index is 264. The van der Waals surface area contributed by atoms with Crippen LogP contribution in [0.3, 0.4) is 0 Å². The lowest BCUT2D eigenvalue weighted by atomic mass is 10.2. The molecule has 0 aromatic carbocycles. The zero-order valence-electron chi connectivity index (χ0n) is 8.90. The molecular weight excluding hydrogens is 186 g/mol. The van der Waals surface area contributed by atoms with E-state index in [1.54, 1.807) is 20.8 Å². The summed E-state index contributed by atoms with van der Waals surface area (Å²) < 4.78 is 5.73. The Morgan fingerprint density at radius 3 is 2.14 bits per heavy atom. The second kappa shape index (κ2) is 4.21. The highest BCUT2D eigenvalue weighted by Gasteiger charge is 2.32. The lowest BCUT2D eigenvalue weighted by molar-refractivity contribution is -0.468. The number of carboxylic acid groups (broad SMARTS) is 1. The van der Waals surface area contributed by atoms with Gasteiger partial charge in [0.15, 0.2) is 0 Å². The van der Waals surface area contributed by atoms with Crippen molar-refractivity contribution in [3.05, 3.63) is 0 Å². The topological polar surface area (TPSA) is 66.6 Å². The Morgan fingerprint density at radius 2 is 1.86 bits per heavy atom. The van der Waals surface area contributed by atoms with E-state index < -0.39 is 23.7 Å². The molecule has 14 heavy (non-hydrogen) atoms. The van der Waals surface area contributed by atoms with Crippen molar-refractivity contribution < 1.29 is 24.0 Å². The summed E-state index contributed by atoms with van der Waals surface area (Å²) >= 11 is 0. The number of carboxylic acids is 1. The zero-order valence-corrected chi connectivity index (χ0v) is 8.90. The maximum atomic E-state index is 11.3. The molecule has 5 heteroatoms. The first kappa shape index (κ1) is 12.6. The number of hydrogen-bond donors (Lipinski definition) is 1. The van der Waals surface area contributed by atoms with Crippen LogP contribution in [0, 0.1) is 0 Å². The molecule has 0 bridgehead atoms. The summed E-state index contributed by atoms with van der Waals surface area (Å²) in [6, 6.07) is -0.996. The highest BCUT2D eigenvalue weighted by atomic mass is 16.6. The predicted molar refractivity (Wildman–Crippen MR) is 50.7 cm³/mol. The fraction of sp³-hybridized carbons (Fsp3) is 0.667. The summed E-state index contributed by atoms with van der Waals surface area (Å²) in [6.07, 6.45) is -0.743. The normalized spacial score (nSPS) is 13.1. The molecule has 0 heterocycles. The monoisotopic (exact) mass is 202 g/mol. The van der Waals surface area contributed by atoms with Crippen LogP contribution in [0.4, 0.5) is 4.79 Å². The van der Waals surface area contributed by atoms with Crippen molar-refractivity contribution >= 4 is 18.8 Å². The van der Waals surface area contributed by atoms with E-state index in [1.807, 2.05) is 0 Å². The lowest BCUT2D eigenvalue weighted by Gasteiger charge is -2.17. The van der Waals surface area contributed by atoms with Gasteiger partial charge in [-0.2, -0.15) is 4.79 Å². The number of aliphatic carboxylic acids is 1. The molecule has 0 saturated heterocycles. The van der Waals surface area contributed by atoms with Crippen molar-refractivity contribution in [3.8, 4) is 0 Å². The van der Waals surface area contributed by atoms with Gasteiger partial charge in [-0.15, -0.1) is 4.58 Å². The van der Waals surface area contributed by atoms with Crippen LogP contribution in [0.5, 0.6) is 0 Å². The van der Waals surface area contributed by atoms with Crippen molar-refractivity contribution in [2.24, 2.45) is 0 Å². The molecule has 0 aliphatic rings. The van der Waals surface area contributed by atoms with Crippen molar-refractivity contribution in [3.63, 3.8) is 0 Å². The minimum atomic E-state index is -1.12. The van der Waals surface area contributed by atoms with Crippen molar-refractivity contribution in [2.75, 3.05) is 0 Å². The average molecular weight is 202 g/mol. The molecule has 0 unspecified atom stereocenters. The number of amides is 1. The van der Waals surface area contributed by atoms with Gasteiger partial charge < -0.3 is 9.84 Å². The first-order chi connectivity index (χ1) is 6.15. The molecule has 0 fully saturated rings. The number of carbonyl (C=O) groups is 2. The molecule has 5 nitrogen and oxygen atoms in total. The van der Waals surface area contributed by atoms with Gasteiger partial charge in [-0.1, -0.05) is 0 Å². The minimum absolute atomic E-state index is 0.648. The number of carbonyl (C=O) groups excluding carboxylic acids is 1. The molecule has 1 amide bonds. The average Bonchev–Trinajstić information content (AvgIpc) is 1.98. The van der Waals surface area contributed by atoms with Crippen LogP contribution in [0.1, 0.15) is 27.7 Å². The van der Waals surface area contributed by atoms with E-state index in [2.05, 4.69) is 6.72 Å². The third-order valence-corrected chi connectivity index (χ3v) is 1.45. The Labute approximate surface area is 83.0 Å². The van der Waals surface area contributed by atoms with E-state index in [0.29, 0.717) is 0 Å². The van der Waals surface area contributed by atoms with Gasteiger partial charge >= 0.3 is 12.1 Å². The lowest BCUT2D eigenvalue weighted by Crippen LogP contribution is -2.38. The number of rotatable bonds is 2. The van der Waals surface area contributed by atoms with E-state index in [9.17, 15) is 9.59 Å². The van der Waals surface area contributed by atoms with Gasteiger partial charge in [0.05, 0.1) is 0 Å². The minimum Gasteiger partial charge on any atom is -0.476 e. The summed E-state index contributed by atoms with van der Waals surface area (Å²) in [5.74, 6) is -1.12. The van der Waals surface area contributed by atoms with Gasteiger partial charge in [0.2, 0.25) is 0 Å². The molecule has 0 aliphatic carbocycles.